The Morgan fingerprint density at radius 2 is 0.846 bits per heavy atom. The van der Waals surface area contributed by atoms with Crippen LogP contribution >= 0.6 is 0 Å². The SMILES string of the molecule is CCCCCCCCCCCCCCCCN(CCCCCCCCCCCCCCCC)C(=O)[C@H](CC(=O)O)NC(=O)CCCCCS(=O)(=O)O. The summed E-state index contributed by atoms with van der Waals surface area (Å²) in [5, 5.41) is 12.2. The van der Waals surface area contributed by atoms with Gasteiger partial charge < -0.3 is 15.3 Å². The van der Waals surface area contributed by atoms with E-state index in [0.29, 0.717) is 25.9 Å². The molecule has 0 aromatic carbocycles. The molecule has 2 amide bonds. The number of nitrogens with one attached hydrogen (secondary N) is 1. The molecule has 0 bridgehead atoms. The van der Waals surface area contributed by atoms with Gasteiger partial charge >= 0.3 is 5.97 Å². The number of rotatable bonds is 40. The predicted molar refractivity (Wildman–Crippen MR) is 216 cm³/mol. The van der Waals surface area contributed by atoms with Crippen molar-refractivity contribution in [3.8, 4) is 0 Å². The van der Waals surface area contributed by atoms with E-state index in [1.807, 2.05) is 0 Å². The molecule has 0 heterocycles. The van der Waals surface area contributed by atoms with E-state index in [1.54, 1.807) is 4.90 Å². The van der Waals surface area contributed by atoms with Gasteiger partial charge in [-0.05, 0) is 25.7 Å². The number of carbonyl (C=O) groups is 3. The van der Waals surface area contributed by atoms with Gasteiger partial charge in [-0.25, -0.2) is 0 Å². The Kier molecular flexibility index (Phi) is 35.1. The summed E-state index contributed by atoms with van der Waals surface area (Å²) in [6.45, 7) is 5.64. The number of carbonyl (C=O) groups excluding carboxylic acids is 2. The van der Waals surface area contributed by atoms with Crippen LogP contribution in [0.25, 0.3) is 0 Å². The lowest BCUT2D eigenvalue weighted by Gasteiger charge is -2.27. The van der Waals surface area contributed by atoms with Crippen molar-refractivity contribution >= 4 is 27.9 Å². The highest BCUT2D eigenvalue weighted by molar-refractivity contribution is 7.85. The van der Waals surface area contributed by atoms with Crippen molar-refractivity contribution < 1.29 is 32.5 Å². The summed E-state index contributed by atoms with van der Waals surface area (Å²) in [6, 6.07) is -1.12. The van der Waals surface area contributed by atoms with Gasteiger partial charge in [0.2, 0.25) is 11.8 Å². The standard InChI is InChI=1S/C42H82N2O7S/c1-3-5-7-9-11-13-15-17-19-21-23-25-27-31-35-44(36-32-28-26-24-22-20-18-16-14-12-10-8-6-4-2)42(48)39(38-41(46)47)43-40(45)34-30-29-33-37-52(49,50)51/h39H,3-38H2,1-2H3,(H,43,45)(H,46,47)(H,49,50,51)/t39-/m0/s1. The third-order valence-electron chi connectivity index (χ3n) is 10.2. The fourth-order valence-electron chi connectivity index (χ4n) is 6.93. The molecule has 0 unspecified atom stereocenters. The van der Waals surface area contributed by atoms with Crippen molar-refractivity contribution in [2.75, 3.05) is 18.8 Å². The second-order valence-electron chi connectivity index (χ2n) is 15.3. The lowest BCUT2D eigenvalue weighted by Crippen LogP contribution is -2.50. The molecule has 308 valence electrons. The maximum absolute atomic E-state index is 13.7. The molecule has 1 atom stereocenters. The van der Waals surface area contributed by atoms with Gasteiger partial charge in [-0.15, -0.1) is 0 Å². The zero-order chi connectivity index (χ0) is 38.5. The van der Waals surface area contributed by atoms with Crippen LogP contribution in [-0.4, -0.2) is 65.6 Å². The maximum atomic E-state index is 13.7. The molecule has 0 aliphatic heterocycles. The Morgan fingerprint density at radius 3 is 1.17 bits per heavy atom. The van der Waals surface area contributed by atoms with Crippen LogP contribution in [0.5, 0.6) is 0 Å². The van der Waals surface area contributed by atoms with Crippen LogP contribution in [0, 0.1) is 0 Å². The molecule has 3 N–H and O–H groups in total. The first-order valence-corrected chi connectivity index (χ1v) is 23.5. The van der Waals surface area contributed by atoms with Crippen molar-refractivity contribution in [2.45, 2.75) is 232 Å². The second-order valence-corrected chi connectivity index (χ2v) is 16.9. The van der Waals surface area contributed by atoms with E-state index in [-0.39, 0.29) is 24.5 Å². The molecule has 0 aliphatic carbocycles. The molecule has 0 aromatic rings. The van der Waals surface area contributed by atoms with Gasteiger partial charge in [-0.2, -0.15) is 8.42 Å². The number of hydrogen-bond donors (Lipinski definition) is 3. The van der Waals surface area contributed by atoms with Crippen molar-refractivity contribution in [3.63, 3.8) is 0 Å². The highest BCUT2D eigenvalue weighted by Gasteiger charge is 2.28. The first kappa shape index (κ1) is 50.3. The minimum absolute atomic E-state index is 0.0623. The molecule has 0 radical (unpaired) electrons. The zero-order valence-corrected chi connectivity index (χ0v) is 34.6. The van der Waals surface area contributed by atoms with Crippen LogP contribution in [0.2, 0.25) is 0 Å². The Hall–Kier alpha value is -1.68. The molecule has 9 nitrogen and oxygen atoms in total. The number of unbranched alkanes of at least 4 members (excludes halogenated alkanes) is 28. The van der Waals surface area contributed by atoms with Crippen LogP contribution in [0.1, 0.15) is 226 Å². The van der Waals surface area contributed by atoms with Gasteiger partial charge in [-0.1, -0.05) is 187 Å². The molecular weight excluding hydrogens is 677 g/mol. The molecule has 0 saturated carbocycles. The normalized spacial score (nSPS) is 12.2. The molecule has 10 heteroatoms. The quantitative estimate of drug-likeness (QED) is 0.0417. The van der Waals surface area contributed by atoms with Gasteiger partial charge in [-0.3, -0.25) is 18.9 Å². The molecular formula is C42H82N2O7S. The summed E-state index contributed by atoms with van der Waals surface area (Å²) in [5.74, 6) is -2.24. The molecule has 0 aliphatic rings. The summed E-state index contributed by atoms with van der Waals surface area (Å²) in [4.78, 5) is 39.8. The third-order valence-corrected chi connectivity index (χ3v) is 11.0. The van der Waals surface area contributed by atoms with Gasteiger partial charge in [0, 0.05) is 19.5 Å². The number of carboxylic acids is 1. The van der Waals surface area contributed by atoms with Crippen molar-refractivity contribution in [2.24, 2.45) is 0 Å². The summed E-state index contributed by atoms with van der Waals surface area (Å²) in [6.07, 6.45) is 35.7. The second kappa shape index (κ2) is 36.3. The molecule has 0 spiro atoms. The van der Waals surface area contributed by atoms with Crippen molar-refractivity contribution in [1.82, 2.24) is 10.2 Å². The monoisotopic (exact) mass is 759 g/mol. The molecule has 0 fully saturated rings. The van der Waals surface area contributed by atoms with Crippen LogP contribution in [0.15, 0.2) is 0 Å². The minimum Gasteiger partial charge on any atom is -0.481 e. The molecule has 0 rings (SSSR count). The van der Waals surface area contributed by atoms with E-state index in [4.69, 9.17) is 4.55 Å². The first-order chi connectivity index (χ1) is 25.1. The number of amides is 2. The fourth-order valence-corrected chi connectivity index (χ4v) is 7.50. The molecule has 0 aromatic heterocycles. The summed E-state index contributed by atoms with van der Waals surface area (Å²) in [7, 11) is -4.04. The van der Waals surface area contributed by atoms with Crippen LogP contribution in [0.4, 0.5) is 0 Å². The number of carboxylic acid groups (broad SMARTS) is 1. The lowest BCUT2D eigenvalue weighted by atomic mass is 10.0. The Bertz CT molecular complexity index is 928. The van der Waals surface area contributed by atoms with Crippen molar-refractivity contribution in [3.05, 3.63) is 0 Å². The number of hydrogen-bond acceptors (Lipinski definition) is 5. The first-order valence-electron chi connectivity index (χ1n) is 21.9. The zero-order valence-electron chi connectivity index (χ0n) is 33.8. The average Bonchev–Trinajstić information content (AvgIpc) is 3.09. The van der Waals surface area contributed by atoms with Gasteiger partial charge in [0.1, 0.15) is 6.04 Å². The van der Waals surface area contributed by atoms with Crippen molar-refractivity contribution in [1.29, 1.82) is 0 Å². The van der Waals surface area contributed by atoms with E-state index in [1.165, 1.54) is 141 Å². The molecule has 52 heavy (non-hydrogen) atoms. The Morgan fingerprint density at radius 1 is 0.519 bits per heavy atom. The third kappa shape index (κ3) is 35.4. The van der Waals surface area contributed by atoms with E-state index in [9.17, 15) is 27.9 Å². The lowest BCUT2D eigenvalue weighted by molar-refractivity contribution is -0.144. The fraction of sp³-hybridized carbons (Fsp3) is 0.929. The van der Waals surface area contributed by atoms with E-state index in [2.05, 4.69) is 19.2 Å². The topological polar surface area (TPSA) is 141 Å². The predicted octanol–water partition coefficient (Wildman–Crippen LogP) is 11.2. The van der Waals surface area contributed by atoms with Gasteiger partial charge in [0.15, 0.2) is 0 Å². The van der Waals surface area contributed by atoms with E-state index in [0.717, 1.165) is 38.5 Å². The van der Waals surface area contributed by atoms with Crippen LogP contribution < -0.4 is 5.32 Å². The average molecular weight is 759 g/mol. The summed E-state index contributed by atoms with van der Waals surface area (Å²) in [5.41, 5.74) is 0. The number of aliphatic carboxylic acids is 1. The van der Waals surface area contributed by atoms with Gasteiger partial charge in [0.25, 0.3) is 10.1 Å². The minimum atomic E-state index is -4.04. The smallest absolute Gasteiger partial charge is 0.305 e. The Balaban J connectivity index is 4.71. The summed E-state index contributed by atoms with van der Waals surface area (Å²) < 4.78 is 30.7. The molecule has 0 saturated heterocycles. The largest absolute Gasteiger partial charge is 0.481 e. The summed E-state index contributed by atoms with van der Waals surface area (Å²) >= 11 is 0. The van der Waals surface area contributed by atoms with E-state index < -0.39 is 34.5 Å². The Labute approximate surface area is 320 Å². The maximum Gasteiger partial charge on any atom is 0.305 e. The highest BCUT2D eigenvalue weighted by Crippen LogP contribution is 2.16. The van der Waals surface area contributed by atoms with Crippen LogP contribution in [-0.2, 0) is 24.5 Å². The highest BCUT2D eigenvalue weighted by atomic mass is 32.2. The number of nitrogens with zero attached hydrogens (tertiary/aromatic N) is 1. The van der Waals surface area contributed by atoms with Gasteiger partial charge in [0.05, 0.1) is 12.2 Å². The van der Waals surface area contributed by atoms with E-state index >= 15 is 0 Å². The van der Waals surface area contributed by atoms with Crippen LogP contribution in [0.3, 0.4) is 0 Å².